The predicted molar refractivity (Wildman–Crippen MR) is 73.0 cm³/mol. The van der Waals surface area contributed by atoms with E-state index in [-0.39, 0.29) is 0 Å². The van der Waals surface area contributed by atoms with E-state index in [0.29, 0.717) is 21.8 Å². The van der Waals surface area contributed by atoms with E-state index >= 15 is 0 Å². The first kappa shape index (κ1) is 12.0. The van der Waals surface area contributed by atoms with Crippen LogP contribution in [0, 0.1) is 0 Å². The number of hydrogen-bond donors (Lipinski definition) is 2. The highest BCUT2D eigenvalue weighted by atomic mass is 35.5. The lowest BCUT2D eigenvalue weighted by Gasteiger charge is -2.07. The summed E-state index contributed by atoms with van der Waals surface area (Å²) >= 11 is 7.34. The van der Waals surface area contributed by atoms with Crippen molar-refractivity contribution in [2.75, 3.05) is 17.3 Å². The van der Waals surface area contributed by atoms with Crippen molar-refractivity contribution in [2.24, 2.45) is 0 Å². The molecule has 6 heteroatoms. The molecule has 0 amide bonds. The van der Waals surface area contributed by atoms with Gasteiger partial charge in [0.05, 0.1) is 0 Å². The van der Waals surface area contributed by atoms with Gasteiger partial charge in [-0.25, -0.2) is 9.97 Å². The van der Waals surface area contributed by atoms with Crippen LogP contribution < -0.4 is 11.1 Å². The minimum absolute atomic E-state index is 0.439. The first-order valence-electron chi connectivity index (χ1n) is 4.88. The Hall–Kier alpha value is -1.46. The number of nitrogen functional groups attached to an aromatic ring is 1. The Labute approximate surface area is 109 Å². The largest absolute Gasteiger partial charge is 0.383 e. The quantitative estimate of drug-likeness (QED) is 0.660. The zero-order valence-electron chi connectivity index (χ0n) is 9.14. The lowest BCUT2D eigenvalue weighted by molar-refractivity contribution is 0.984. The van der Waals surface area contributed by atoms with Gasteiger partial charge in [-0.3, -0.25) is 0 Å². The van der Waals surface area contributed by atoms with E-state index in [1.807, 2.05) is 30.5 Å². The number of benzene rings is 1. The molecule has 4 nitrogen and oxygen atoms in total. The van der Waals surface area contributed by atoms with E-state index in [9.17, 15) is 0 Å². The van der Waals surface area contributed by atoms with Crippen LogP contribution in [0.15, 0.2) is 35.5 Å². The molecule has 0 saturated heterocycles. The SMILES string of the molecule is CSc1nc(N)cc(Nc2cccc(Cl)c2)n1. The van der Waals surface area contributed by atoms with Crippen LogP contribution >= 0.6 is 23.4 Å². The standard InChI is InChI=1S/C11H11ClN4S/c1-17-11-15-9(13)6-10(16-11)14-8-4-2-3-7(12)5-8/h2-6H,1H3,(H3,13,14,15,16). The van der Waals surface area contributed by atoms with Gasteiger partial charge in [-0.15, -0.1) is 0 Å². The molecule has 0 fully saturated rings. The molecule has 0 radical (unpaired) electrons. The highest BCUT2D eigenvalue weighted by molar-refractivity contribution is 7.98. The summed E-state index contributed by atoms with van der Waals surface area (Å²) in [6, 6.07) is 9.08. The molecule has 0 atom stereocenters. The van der Waals surface area contributed by atoms with Gasteiger partial charge in [0, 0.05) is 16.8 Å². The Morgan fingerprint density at radius 1 is 1.29 bits per heavy atom. The lowest BCUT2D eigenvalue weighted by atomic mass is 10.3. The average Bonchev–Trinajstić information content (AvgIpc) is 2.28. The molecule has 1 aromatic carbocycles. The number of nitrogens with one attached hydrogen (secondary N) is 1. The maximum Gasteiger partial charge on any atom is 0.191 e. The molecule has 1 heterocycles. The Kier molecular flexibility index (Phi) is 3.71. The third-order valence-electron chi connectivity index (χ3n) is 2.01. The van der Waals surface area contributed by atoms with Crippen LogP contribution in [0.3, 0.4) is 0 Å². The normalized spacial score (nSPS) is 10.2. The summed E-state index contributed by atoms with van der Waals surface area (Å²) in [5.74, 6) is 1.10. The van der Waals surface area contributed by atoms with E-state index in [0.717, 1.165) is 5.69 Å². The highest BCUT2D eigenvalue weighted by Crippen LogP contribution is 2.21. The molecule has 0 unspecified atom stereocenters. The highest BCUT2D eigenvalue weighted by Gasteiger charge is 2.02. The second-order valence-electron chi connectivity index (χ2n) is 3.30. The second kappa shape index (κ2) is 5.25. The van der Waals surface area contributed by atoms with Crippen molar-refractivity contribution in [3.63, 3.8) is 0 Å². The number of aromatic nitrogens is 2. The molecular weight excluding hydrogens is 256 g/mol. The van der Waals surface area contributed by atoms with Gasteiger partial charge in [0.1, 0.15) is 11.6 Å². The fourth-order valence-corrected chi connectivity index (χ4v) is 1.89. The third kappa shape index (κ3) is 3.25. The van der Waals surface area contributed by atoms with Crippen molar-refractivity contribution in [1.82, 2.24) is 9.97 Å². The summed E-state index contributed by atoms with van der Waals surface area (Å²) in [5, 5.41) is 4.43. The van der Waals surface area contributed by atoms with Crippen LogP contribution in [0.2, 0.25) is 5.02 Å². The molecular formula is C11H11ClN4S. The molecule has 3 N–H and O–H groups in total. The molecule has 0 aliphatic rings. The zero-order chi connectivity index (χ0) is 12.3. The van der Waals surface area contributed by atoms with Gasteiger partial charge in [-0.2, -0.15) is 0 Å². The third-order valence-corrected chi connectivity index (χ3v) is 2.79. The second-order valence-corrected chi connectivity index (χ2v) is 4.51. The number of nitrogens with zero attached hydrogens (tertiary/aromatic N) is 2. The topological polar surface area (TPSA) is 63.8 Å². The molecule has 0 aliphatic heterocycles. The Balaban J connectivity index is 2.26. The molecule has 0 spiro atoms. The maximum atomic E-state index is 5.90. The van der Waals surface area contributed by atoms with Gasteiger partial charge >= 0.3 is 0 Å². The molecule has 1 aromatic heterocycles. The molecule has 88 valence electrons. The average molecular weight is 267 g/mol. The first-order valence-corrected chi connectivity index (χ1v) is 6.49. The molecule has 0 bridgehead atoms. The van der Waals surface area contributed by atoms with Crippen molar-refractivity contribution in [3.8, 4) is 0 Å². The number of thioether (sulfide) groups is 1. The Morgan fingerprint density at radius 3 is 2.82 bits per heavy atom. The summed E-state index contributed by atoms with van der Waals surface area (Å²) in [5.41, 5.74) is 6.55. The monoisotopic (exact) mass is 266 g/mol. The van der Waals surface area contributed by atoms with Gasteiger partial charge in [-0.1, -0.05) is 29.4 Å². The summed E-state index contributed by atoms with van der Waals surface area (Å²) in [7, 11) is 0. The van der Waals surface area contributed by atoms with Crippen molar-refractivity contribution in [2.45, 2.75) is 5.16 Å². The van der Waals surface area contributed by atoms with Crippen LogP contribution in [0.4, 0.5) is 17.3 Å². The van der Waals surface area contributed by atoms with Crippen molar-refractivity contribution >= 4 is 40.7 Å². The predicted octanol–water partition coefficient (Wildman–Crippen LogP) is 3.18. The molecule has 2 aromatic rings. The van der Waals surface area contributed by atoms with Crippen LogP contribution in [0.25, 0.3) is 0 Å². The van der Waals surface area contributed by atoms with Crippen molar-refractivity contribution < 1.29 is 0 Å². The minimum Gasteiger partial charge on any atom is -0.383 e. The van der Waals surface area contributed by atoms with Gasteiger partial charge in [0.15, 0.2) is 5.16 Å². The smallest absolute Gasteiger partial charge is 0.191 e. The van der Waals surface area contributed by atoms with E-state index < -0.39 is 0 Å². The lowest BCUT2D eigenvalue weighted by Crippen LogP contribution is -1.99. The number of nitrogens with two attached hydrogens (primary N) is 1. The van der Waals surface area contributed by atoms with Crippen molar-refractivity contribution in [1.29, 1.82) is 0 Å². The van der Waals surface area contributed by atoms with E-state index in [2.05, 4.69) is 15.3 Å². The van der Waals surface area contributed by atoms with Gasteiger partial charge < -0.3 is 11.1 Å². The fraction of sp³-hybridized carbons (Fsp3) is 0.0909. The van der Waals surface area contributed by atoms with Crippen LogP contribution in [0.5, 0.6) is 0 Å². The van der Waals surface area contributed by atoms with Crippen LogP contribution in [0.1, 0.15) is 0 Å². The van der Waals surface area contributed by atoms with Gasteiger partial charge in [0.2, 0.25) is 0 Å². The number of anilines is 3. The summed E-state index contributed by atoms with van der Waals surface area (Å²) in [6.45, 7) is 0. The number of rotatable bonds is 3. The molecule has 2 rings (SSSR count). The maximum absolute atomic E-state index is 5.90. The van der Waals surface area contributed by atoms with E-state index in [4.69, 9.17) is 17.3 Å². The molecule has 0 saturated carbocycles. The zero-order valence-corrected chi connectivity index (χ0v) is 10.7. The van der Waals surface area contributed by atoms with Crippen LogP contribution in [-0.4, -0.2) is 16.2 Å². The Morgan fingerprint density at radius 2 is 2.12 bits per heavy atom. The number of hydrogen-bond acceptors (Lipinski definition) is 5. The van der Waals surface area contributed by atoms with Gasteiger partial charge in [0.25, 0.3) is 0 Å². The molecule has 0 aliphatic carbocycles. The van der Waals surface area contributed by atoms with Gasteiger partial charge in [-0.05, 0) is 24.5 Å². The minimum atomic E-state index is 0.439. The molecule has 17 heavy (non-hydrogen) atoms. The summed E-state index contributed by atoms with van der Waals surface area (Å²) in [4.78, 5) is 8.37. The Bertz CT molecular complexity index is 533. The number of halogens is 1. The van der Waals surface area contributed by atoms with E-state index in [1.54, 1.807) is 6.07 Å². The summed E-state index contributed by atoms with van der Waals surface area (Å²) < 4.78 is 0. The summed E-state index contributed by atoms with van der Waals surface area (Å²) in [6.07, 6.45) is 1.90. The fourth-order valence-electron chi connectivity index (χ4n) is 1.31. The van der Waals surface area contributed by atoms with E-state index in [1.165, 1.54) is 11.8 Å². The van der Waals surface area contributed by atoms with Crippen molar-refractivity contribution in [3.05, 3.63) is 35.4 Å². The van der Waals surface area contributed by atoms with Crippen LogP contribution in [-0.2, 0) is 0 Å². The first-order chi connectivity index (χ1) is 8.17.